The molecule has 0 aromatic carbocycles. The first-order valence-electron chi connectivity index (χ1n) is 3.37. The van der Waals surface area contributed by atoms with Crippen molar-refractivity contribution in [1.82, 2.24) is 0 Å². The molecule has 2 heterocycles. The first-order chi connectivity index (χ1) is 5.25. The van der Waals surface area contributed by atoms with Crippen LogP contribution >= 0.6 is 22.6 Å². The molecule has 0 spiro atoms. The number of nitrogens with zero attached hydrogens (tertiary/aromatic N) is 2. The van der Waals surface area contributed by atoms with Crippen LogP contribution < -0.4 is 0 Å². The van der Waals surface area contributed by atoms with Crippen LogP contribution in [0.25, 0.3) is 0 Å². The number of hydrogen-bond acceptors (Lipinski definition) is 3. The van der Waals surface area contributed by atoms with Gasteiger partial charge in [-0.2, -0.15) is 0 Å². The summed E-state index contributed by atoms with van der Waals surface area (Å²) in [5.74, 6) is 0.736. The highest BCUT2D eigenvalue weighted by Crippen LogP contribution is 2.22. The largest absolute Gasteiger partial charge is 0.469 e. The molecule has 58 valence electrons. The molecule has 0 aliphatic carbocycles. The number of aliphatic imine (C=N–C) groups is 2. The zero-order chi connectivity index (χ0) is 7.84. The molecule has 2 rings (SSSR count). The zero-order valence-electron chi connectivity index (χ0n) is 5.99. The summed E-state index contributed by atoms with van der Waals surface area (Å²) >= 11 is 2.22. The van der Waals surface area contributed by atoms with Crippen molar-refractivity contribution in [2.75, 3.05) is 0 Å². The molecule has 2 atom stereocenters. The van der Waals surface area contributed by atoms with Crippen molar-refractivity contribution in [1.29, 1.82) is 0 Å². The highest BCUT2D eigenvalue weighted by atomic mass is 127. The molecule has 0 saturated carbocycles. The Morgan fingerprint density at radius 3 is 3.27 bits per heavy atom. The van der Waals surface area contributed by atoms with Crippen molar-refractivity contribution in [3.63, 3.8) is 0 Å². The molecule has 2 aliphatic rings. The van der Waals surface area contributed by atoms with E-state index >= 15 is 0 Å². The highest BCUT2D eigenvalue weighted by Gasteiger charge is 2.28. The van der Waals surface area contributed by atoms with Crippen molar-refractivity contribution in [2.45, 2.75) is 19.2 Å². The lowest BCUT2D eigenvalue weighted by atomic mass is 10.2. The van der Waals surface area contributed by atoms with Crippen LogP contribution in [0.4, 0.5) is 0 Å². The summed E-state index contributed by atoms with van der Waals surface area (Å²) in [5.41, 5.74) is 0. The summed E-state index contributed by atoms with van der Waals surface area (Å²) in [6.07, 6.45) is 3.89. The van der Waals surface area contributed by atoms with Gasteiger partial charge in [0, 0.05) is 16.7 Å². The van der Waals surface area contributed by atoms with E-state index in [1.807, 2.05) is 19.2 Å². The number of rotatable bonds is 0. The van der Waals surface area contributed by atoms with E-state index in [0.29, 0.717) is 0 Å². The van der Waals surface area contributed by atoms with Crippen molar-refractivity contribution >= 4 is 34.7 Å². The van der Waals surface area contributed by atoms with Crippen molar-refractivity contribution in [3.8, 4) is 0 Å². The van der Waals surface area contributed by atoms with Crippen LogP contribution in [0, 0.1) is 0 Å². The Labute approximate surface area is 78.4 Å². The maximum absolute atomic E-state index is 5.39. The van der Waals surface area contributed by atoms with Crippen LogP contribution in [0.15, 0.2) is 19.6 Å². The summed E-state index contributed by atoms with van der Waals surface area (Å²) in [7, 11) is 0. The minimum Gasteiger partial charge on any atom is -0.469 e. The van der Waals surface area contributed by atoms with E-state index in [9.17, 15) is 0 Å². The van der Waals surface area contributed by atoms with Crippen LogP contribution in [-0.2, 0) is 4.74 Å². The van der Waals surface area contributed by atoms with Crippen molar-refractivity contribution in [3.05, 3.63) is 9.66 Å². The number of dihydropyridines is 1. The summed E-state index contributed by atoms with van der Waals surface area (Å²) in [5, 5.41) is 0. The number of fused-ring (bicyclic) bond motifs is 1. The zero-order valence-corrected chi connectivity index (χ0v) is 8.15. The minimum atomic E-state index is -0.0199. The Kier molecular flexibility index (Phi) is 1.71. The molecule has 2 aliphatic heterocycles. The second kappa shape index (κ2) is 2.58. The summed E-state index contributed by atoms with van der Waals surface area (Å²) in [4.78, 5) is 8.40. The smallest absolute Gasteiger partial charge is 0.183 e. The number of allylic oxidation sites excluding steroid dienone is 1. The highest BCUT2D eigenvalue weighted by molar-refractivity contribution is 14.1. The molecule has 0 N–H and O–H groups in total. The van der Waals surface area contributed by atoms with Gasteiger partial charge < -0.3 is 4.74 Å². The maximum Gasteiger partial charge on any atom is 0.183 e. The Bertz CT molecular complexity index is 270. The Hall–Kier alpha value is -0.390. The van der Waals surface area contributed by atoms with Crippen LogP contribution in [0.1, 0.15) is 6.92 Å². The third kappa shape index (κ3) is 1.31. The van der Waals surface area contributed by atoms with Gasteiger partial charge in [-0.15, -0.1) is 0 Å². The van der Waals surface area contributed by atoms with Crippen LogP contribution in [0.5, 0.6) is 0 Å². The van der Waals surface area contributed by atoms with Crippen LogP contribution in [-0.4, -0.2) is 24.4 Å². The maximum atomic E-state index is 5.39. The summed E-state index contributed by atoms with van der Waals surface area (Å²) in [6, 6.07) is 0. The molecule has 0 saturated heterocycles. The monoisotopic (exact) mass is 262 g/mol. The molecule has 3 nitrogen and oxygen atoms in total. The third-order valence-corrected chi connectivity index (χ3v) is 2.23. The topological polar surface area (TPSA) is 34.0 Å². The summed E-state index contributed by atoms with van der Waals surface area (Å²) in [6.45, 7) is 1.86. The molecule has 0 amide bonds. The van der Waals surface area contributed by atoms with Gasteiger partial charge in [0.1, 0.15) is 0 Å². The Balaban J connectivity index is 2.25. The summed E-state index contributed by atoms with van der Waals surface area (Å²) < 4.78 is 6.51. The normalized spacial score (nSPS) is 34.0. The van der Waals surface area contributed by atoms with Crippen molar-refractivity contribution in [2.24, 2.45) is 9.98 Å². The van der Waals surface area contributed by atoms with Gasteiger partial charge in [-0.1, -0.05) is 0 Å². The predicted octanol–water partition coefficient (Wildman–Crippen LogP) is 1.53. The van der Waals surface area contributed by atoms with E-state index in [4.69, 9.17) is 4.74 Å². The van der Waals surface area contributed by atoms with Gasteiger partial charge in [-0.25, -0.2) is 4.99 Å². The number of halogens is 1. The van der Waals surface area contributed by atoms with Gasteiger partial charge in [0.05, 0.1) is 0 Å². The lowest BCUT2D eigenvalue weighted by molar-refractivity contribution is 0.241. The van der Waals surface area contributed by atoms with E-state index in [1.54, 1.807) is 0 Å². The van der Waals surface area contributed by atoms with Gasteiger partial charge in [0.25, 0.3) is 0 Å². The van der Waals surface area contributed by atoms with Gasteiger partial charge in [-0.3, -0.25) is 4.99 Å². The van der Waals surface area contributed by atoms with Gasteiger partial charge in [0.15, 0.2) is 18.2 Å². The predicted molar refractivity (Wildman–Crippen MR) is 52.4 cm³/mol. The number of hydrogen-bond donors (Lipinski definition) is 0. The van der Waals surface area contributed by atoms with Crippen LogP contribution in [0.3, 0.4) is 0 Å². The van der Waals surface area contributed by atoms with E-state index in [2.05, 4.69) is 32.6 Å². The molecule has 4 heteroatoms. The Morgan fingerprint density at radius 1 is 1.64 bits per heavy atom. The molecular formula is C7H7IN2O. The standard InChI is InChI=1S/C7H7IN2O/c1-4-10-7-6(11-4)2-5(8)3-9-7/h2-3,6-7H,1H3. The third-order valence-electron chi connectivity index (χ3n) is 1.59. The molecule has 0 aromatic heterocycles. The lowest BCUT2D eigenvalue weighted by Crippen LogP contribution is -2.21. The lowest BCUT2D eigenvalue weighted by Gasteiger charge is -2.13. The number of ether oxygens (including phenoxy) is 1. The molecule has 0 bridgehead atoms. The molecule has 0 aromatic rings. The van der Waals surface area contributed by atoms with Crippen molar-refractivity contribution < 1.29 is 4.74 Å². The average Bonchev–Trinajstić information content (AvgIpc) is 2.27. The molecule has 0 fully saturated rings. The SMILES string of the molecule is CC1=NC2N=CC(I)=CC2O1. The van der Waals surface area contributed by atoms with E-state index in [-0.39, 0.29) is 12.3 Å². The fourth-order valence-electron chi connectivity index (χ4n) is 1.13. The quantitative estimate of drug-likeness (QED) is 0.609. The van der Waals surface area contributed by atoms with E-state index in [0.717, 1.165) is 9.48 Å². The second-order valence-electron chi connectivity index (χ2n) is 2.47. The molecule has 11 heavy (non-hydrogen) atoms. The molecule has 0 radical (unpaired) electrons. The van der Waals surface area contributed by atoms with E-state index < -0.39 is 0 Å². The fraction of sp³-hybridized carbons (Fsp3) is 0.429. The van der Waals surface area contributed by atoms with Gasteiger partial charge in [-0.05, 0) is 28.7 Å². The first kappa shape index (κ1) is 7.27. The second-order valence-corrected chi connectivity index (χ2v) is 3.72. The molecule has 2 unspecified atom stereocenters. The first-order valence-corrected chi connectivity index (χ1v) is 4.45. The minimum absolute atomic E-state index is 0.0199. The van der Waals surface area contributed by atoms with Gasteiger partial charge >= 0.3 is 0 Å². The fourth-order valence-corrected chi connectivity index (χ4v) is 1.65. The average molecular weight is 262 g/mol. The van der Waals surface area contributed by atoms with Crippen LogP contribution in [0.2, 0.25) is 0 Å². The molecular weight excluding hydrogens is 255 g/mol. The van der Waals surface area contributed by atoms with Gasteiger partial charge in [0.2, 0.25) is 0 Å². The Morgan fingerprint density at radius 2 is 2.45 bits per heavy atom. The van der Waals surface area contributed by atoms with E-state index in [1.165, 1.54) is 0 Å².